The maximum absolute atomic E-state index is 6.04. The largest absolute Gasteiger partial charge is 0.487 e. The van der Waals surface area contributed by atoms with Crippen molar-refractivity contribution in [2.75, 3.05) is 6.61 Å². The summed E-state index contributed by atoms with van der Waals surface area (Å²) in [7, 11) is 0. The smallest absolute Gasteiger partial charge is 0.127 e. The van der Waals surface area contributed by atoms with Crippen LogP contribution in [0, 0.1) is 13.8 Å². The van der Waals surface area contributed by atoms with Gasteiger partial charge in [-0.3, -0.25) is 0 Å². The Hall–Kier alpha value is -0.540. The Balaban J connectivity index is 2.04. The van der Waals surface area contributed by atoms with E-state index in [1.807, 2.05) is 19.1 Å². The highest BCUT2D eigenvalue weighted by molar-refractivity contribution is 9.09. The zero-order valence-corrected chi connectivity index (χ0v) is 12.2. The molecule has 0 amide bonds. The van der Waals surface area contributed by atoms with Crippen LogP contribution in [-0.4, -0.2) is 23.6 Å². The molecule has 0 N–H and O–H groups in total. The van der Waals surface area contributed by atoms with E-state index >= 15 is 0 Å². The van der Waals surface area contributed by atoms with E-state index < -0.39 is 0 Å². The summed E-state index contributed by atoms with van der Waals surface area (Å²) < 4.78 is 11.7. The predicted octanol–water partition coefficient (Wildman–Crippen LogP) is 3.62. The molecule has 0 spiro atoms. The lowest BCUT2D eigenvalue weighted by Crippen LogP contribution is -2.52. The second-order valence-electron chi connectivity index (χ2n) is 4.53. The summed E-state index contributed by atoms with van der Waals surface area (Å²) in [5, 5.41) is 0. The average Bonchev–Trinajstić information content (AvgIpc) is 2.31. The number of alkyl halides is 1. The predicted molar refractivity (Wildman–Crippen MR) is 73.1 cm³/mol. The third-order valence-electron chi connectivity index (χ3n) is 3.37. The van der Waals surface area contributed by atoms with E-state index in [-0.39, 0.29) is 12.2 Å². The van der Waals surface area contributed by atoms with E-state index in [1.54, 1.807) is 0 Å². The summed E-state index contributed by atoms with van der Waals surface area (Å²) in [6.07, 6.45) is 1.37. The van der Waals surface area contributed by atoms with E-state index in [0.29, 0.717) is 4.83 Å². The monoisotopic (exact) mass is 298 g/mol. The Kier molecular flexibility index (Phi) is 4.10. The molecule has 1 aliphatic rings. The van der Waals surface area contributed by atoms with Gasteiger partial charge >= 0.3 is 0 Å². The van der Waals surface area contributed by atoms with Crippen molar-refractivity contribution in [3.63, 3.8) is 0 Å². The molecule has 1 aromatic carbocycles. The Morgan fingerprint density at radius 2 is 2.12 bits per heavy atom. The lowest BCUT2D eigenvalue weighted by Gasteiger charge is -2.41. The molecule has 1 aromatic rings. The lowest BCUT2D eigenvalue weighted by atomic mass is 9.91. The number of ether oxygens (including phenoxy) is 2. The molecule has 0 heterocycles. The van der Waals surface area contributed by atoms with Gasteiger partial charge in [-0.2, -0.15) is 0 Å². The maximum Gasteiger partial charge on any atom is 0.127 e. The first-order valence-electron chi connectivity index (χ1n) is 6.12. The molecule has 0 bridgehead atoms. The van der Waals surface area contributed by atoms with Crippen LogP contribution in [0.1, 0.15) is 24.5 Å². The van der Waals surface area contributed by atoms with Gasteiger partial charge in [0.25, 0.3) is 0 Å². The van der Waals surface area contributed by atoms with Crippen molar-refractivity contribution in [1.29, 1.82) is 0 Å². The lowest BCUT2D eigenvalue weighted by molar-refractivity contribution is -0.0725. The molecule has 0 aromatic heterocycles. The topological polar surface area (TPSA) is 18.5 Å². The van der Waals surface area contributed by atoms with Gasteiger partial charge in [-0.1, -0.05) is 28.1 Å². The molecule has 3 unspecified atom stereocenters. The number of halogens is 1. The van der Waals surface area contributed by atoms with Crippen LogP contribution in [0.25, 0.3) is 0 Å². The molecule has 2 nitrogen and oxygen atoms in total. The highest BCUT2D eigenvalue weighted by Gasteiger charge is 2.42. The van der Waals surface area contributed by atoms with E-state index in [0.717, 1.165) is 18.8 Å². The normalized spacial score (nSPS) is 27.6. The van der Waals surface area contributed by atoms with Crippen LogP contribution in [-0.2, 0) is 4.74 Å². The fourth-order valence-corrected chi connectivity index (χ4v) is 2.92. The van der Waals surface area contributed by atoms with E-state index in [1.165, 1.54) is 11.1 Å². The maximum atomic E-state index is 6.04. The molecule has 2 rings (SSSR count). The first kappa shape index (κ1) is 12.9. The number of hydrogen-bond acceptors (Lipinski definition) is 2. The number of rotatable bonds is 4. The van der Waals surface area contributed by atoms with Crippen LogP contribution >= 0.6 is 15.9 Å². The molecule has 1 aliphatic carbocycles. The molecule has 94 valence electrons. The van der Waals surface area contributed by atoms with Crippen molar-refractivity contribution in [2.24, 2.45) is 0 Å². The molecule has 1 saturated carbocycles. The number of benzene rings is 1. The molecule has 3 heteroatoms. The first-order valence-corrected chi connectivity index (χ1v) is 7.03. The quantitative estimate of drug-likeness (QED) is 0.791. The van der Waals surface area contributed by atoms with Crippen LogP contribution in [0.3, 0.4) is 0 Å². The van der Waals surface area contributed by atoms with Gasteiger partial charge in [0.15, 0.2) is 0 Å². The standard InChI is InChI=1S/C14H19BrO2/c1-4-16-14-11(15)8-13(14)17-12-7-5-6-9(2)10(12)3/h5-7,11,13-14H,4,8H2,1-3H3. The van der Waals surface area contributed by atoms with Crippen molar-refractivity contribution in [3.8, 4) is 5.75 Å². The summed E-state index contributed by atoms with van der Waals surface area (Å²) in [6, 6.07) is 6.18. The minimum atomic E-state index is 0.180. The van der Waals surface area contributed by atoms with Crippen molar-refractivity contribution in [2.45, 2.75) is 44.2 Å². The molecular weight excluding hydrogens is 280 g/mol. The van der Waals surface area contributed by atoms with Gasteiger partial charge in [-0.25, -0.2) is 0 Å². The van der Waals surface area contributed by atoms with Crippen molar-refractivity contribution in [3.05, 3.63) is 29.3 Å². The zero-order valence-electron chi connectivity index (χ0n) is 10.6. The third kappa shape index (κ3) is 2.66. The van der Waals surface area contributed by atoms with Crippen LogP contribution in [0.2, 0.25) is 0 Å². The highest BCUT2D eigenvalue weighted by atomic mass is 79.9. The van der Waals surface area contributed by atoms with E-state index in [9.17, 15) is 0 Å². The molecule has 0 aliphatic heterocycles. The van der Waals surface area contributed by atoms with Crippen molar-refractivity contribution in [1.82, 2.24) is 0 Å². The van der Waals surface area contributed by atoms with Crippen molar-refractivity contribution >= 4 is 15.9 Å². The molecule has 3 atom stereocenters. The van der Waals surface area contributed by atoms with Crippen LogP contribution < -0.4 is 4.74 Å². The Bertz CT molecular complexity index is 392. The van der Waals surface area contributed by atoms with Gasteiger partial charge < -0.3 is 9.47 Å². The second kappa shape index (κ2) is 5.40. The third-order valence-corrected chi connectivity index (χ3v) is 4.27. The fourth-order valence-electron chi connectivity index (χ4n) is 2.06. The Labute approximate surface area is 111 Å². The van der Waals surface area contributed by atoms with Gasteiger partial charge in [0.2, 0.25) is 0 Å². The number of aryl methyl sites for hydroxylation is 1. The van der Waals surface area contributed by atoms with E-state index in [4.69, 9.17) is 9.47 Å². The Morgan fingerprint density at radius 3 is 2.76 bits per heavy atom. The minimum Gasteiger partial charge on any atom is -0.487 e. The van der Waals surface area contributed by atoms with Gasteiger partial charge in [0.1, 0.15) is 18.0 Å². The molecule has 1 fully saturated rings. The fraction of sp³-hybridized carbons (Fsp3) is 0.571. The average molecular weight is 299 g/mol. The van der Waals surface area contributed by atoms with Crippen LogP contribution in [0.5, 0.6) is 5.75 Å². The molecular formula is C14H19BrO2. The second-order valence-corrected chi connectivity index (χ2v) is 5.70. The first-order chi connectivity index (χ1) is 8.13. The zero-order chi connectivity index (χ0) is 12.4. The minimum absolute atomic E-state index is 0.180. The summed E-state index contributed by atoms with van der Waals surface area (Å²) >= 11 is 3.61. The van der Waals surface area contributed by atoms with Gasteiger partial charge in [-0.05, 0) is 38.0 Å². The summed E-state index contributed by atoms with van der Waals surface area (Å²) in [4.78, 5) is 0.428. The molecule has 0 radical (unpaired) electrons. The van der Waals surface area contributed by atoms with Gasteiger partial charge in [0.05, 0.1) is 0 Å². The van der Waals surface area contributed by atoms with Gasteiger partial charge in [0, 0.05) is 17.9 Å². The summed E-state index contributed by atoms with van der Waals surface area (Å²) in [5.41, 5.74) is 2.49. The number of hydrogen-bond donors (Lipinski definition) is 0. The van der Waals surface area contributed by atoms with Crippen LogP contribution in [0.15, 0.2) is 18.2 Å². The molecule has 0 saturated heterocycles. The SMILES string of the molecule is CCOC1C(Br)CC1Oc1cccc(C)c1C. The van der Waals surface area contributed by atoms with Crippen LogP contribution in [0.4, 0.5) is 0 Å². The summed E-state index contributed by atoms with van der Waals surface area (Å²) in [5.74, 6) is 0.985. The molecule has 17 heavy (non-hydrogen) atoms. The Morgan fingerprint density at radius 1 is 1.35 bits per heavy atom. The summed E-state index contributed by atoms with van der Waals surface area (Å²) in [6.45, 7) is 6.97. The van der Waals surface area contributed by atoms with Gasteiger partial charge in [-0.15, -0.1) is 0 Å². The van der Waals surface area contributed by atoms with Crippen molar-refractivity contribution < 1.29 is 9.47 Å². The highest BCUT2D eigenvalue weighted by Crippen LogP contribution is 2.35. The van der Waals surface area contributed by atoms with E-state index in [2.05, 4.69) is 35.8 Å².